The summed E-state index contributed by atoms with van der Waals surface area (Å²) in [5.74, 6) is 0. The van der Waals surface area contributed by atoms with E-state index in [-0.39, 0.29) is 0 Å². The number of rotatable bonds is 9. The van der Waals surface area contributed by atoms with Crippen LogP contribution in [0.3, 0.4) is 0 Å². The summed E-state index contributed by atoms with van der Waals surface area (Å²) < 4.78 is 8.32. The van der Waals surface area contributed by atoms with Gasteiger partial charge in [-0.25, -0.2) is 0 Å². The summed E-state index contributed by atoms with van der Waals surface area (Å²) in [7, 11) is -4.64. The van der Waals surface area contributed by atoms with Gasteiger partial charge in [0, 0.05) is 0 Å². The van der Waals surface area contributed by atoms with E-state index in [9.17, 15) is 0 Å². The van der Waals surface area contributed by atoms with Crippen LogP contribution in [0.5, 0.6) is 0 Å². The van der Waals surface area contributed by atoms with Gasteiger partial charge in [0.05, 0.1) is 0 Å². The Morgan fingerprint density at radius 1 is 0.524 bits per heavy atom. The summed E-state index contributed by atoms with van der Waals surface area (Å²) in [6, 6.07) is 0. The molecule has 0 aromatic heterocycles. The van der Waals surface area contributed by atoms with Gasteiger partial charge in [0.15, 0.2) is 0 Å². The molecule has 21 heavy (non-hydrogen) atoms. The molecule has 0 radical (unpaired) electrons. The Morgan fingerprint density at radius 3 is 1.10 bits per heavy atom. The van der Waals surface area contributed by atoms with Crippen LogP contribution in [0, 0.1) is 0 Å². The van der Waals surface area contributed by atoms with Gasteiger partial charge in [-0.3, -0.25) is 0 Å². The van der Waals surface area contributed by atoms with E-state index in [0.717, 1.165) is 0 Å². The van der Waals surface area contributed by atoms with Crippen LogP contribution in [-0.2, 0) is 0 Å². The van der Waals surface area contributed by atoms with E-state index in [2.05, 4.69) is 205 Å². The molecule has 0 saturated carbocycles. The number of hydrogen-bond donors (Lipinski definition) is 0. The first kappa shape index (κ1) is 34.4. The molecule has 0 aliphatic rings. The van der Waals surface area contributed by atoms with Gasteiger partial charge >= 0.3 is 289 Å². The molecule has 21 heteroatoms. The van der Waals surface area contributed by atoms with Crippen molar-refractivity contribution in [3.05, 3.63) is 0 Å². The fraction of sp³-hybridized carbons (Fsp3) is 0. The first-order valence-electron chi connectivity index (χ1n) is 3.24. The Kier molecular flexibility index (Phi) is 36.3. The molecule has 0 bridgehead atoms. The van der Waals surface area contributed by atoms with Gasteiger partial charge in [0.1, 0.15) is 0 Å². The van der Waals surface area contributed by atoms with Gasteiger partial charge < -0.3 is 0 Å². The molecule has 0 spiro atoms. The van der Waals surface area contributed by atoms with Crippen molar-refractivity contribution in [2.45, 2.75) is 0 Å². The third kappa shape index (κ3) is 16.1. The fourth-order valence-electron chi connectivity index (χ4n) is 0.231. The number of hydrogen-bond acceptors (Lipinski definition) is 0. The van der Waals surface area contributed by atoms with Gasteiger partial charge in [-0.15, -0.1) is 0 Å². The number of halogens is 21. The Hall–Kier alpha value is 15.3. The van der Waals surface area contributed by atoms with Gasteiger partial charge in [-0.05, 0) is 0 Å². The van der Waals surface area contributed by atoms with Crippen LogP contribution in [-0.4, -0.2) is 0.594 Å². The first-order chi connectivity index (χ1) is 9.93. The van der Waals surface area contributed by atoms with Crippen molar-refractivity contribution in [2.24, 2.45) is 0 Å². The van der Waals surface area contributed by atoms with Crippen LogP contribution in [0.2, 0.25) is 0 Å². The third-order valence-corrected chi connectivity index (χ3v) is 1410. The second-order valence-corrected chi connectivity index (χ2v) is 456. The average molecular weight is 2670 g/mol. The van der Waals surface area contributed by atoms with E-state index in [1.807, 2.05) is 0 Å². The van der Waals surface area contributed by atoms with Gasteiger partial charge in [-0.1, -0.05) is 0 Å². The van der Waals surface area contributed by atoms with Crippen molar-refractivity contribution in [1.82, 2.24) is 0 Å². The molecule has 0 aliphatic carbocycles. The van der Waals surface area contributed by atoms with Crippen molar-refractivity contribution < 1.29 is 0 Å². The third-order valence-electron chi connectivity index (χ3n) is 0.694. The summed E-state index contributed by atoms with van der Waals surface area (Å²) in [5, 5.41) is 0. The molecule has 0 nitrogen and oxygen atoms in total. The van der Waals surface area contributed by atoms with Crippen LogP contribution < -0.4 is 0 Å². The van der Waals surface area contributed by atoms with Crippen LogP contribution in [0.4, 0.5) is 0 Å². The fourth-order valence-corrected chi connectivity index (χ4v) is 3140. The Balaban J connectivity index is 4.86. The second kappa shape index (κ2) is 22.2. The van der Waals surface area contributed by atoms with E-state index in [4.69, 9.17) is 0.594 Å². The molecule has 148 valence electrons. The molecule has 0 saturated heterocycles. The maximum atomic E-state index is 8.32. The molecule has 0 aliphatic heterocycles. The topological polar surface area (TPSA) is 0 Å². The molecular formula is HI21. The first-order valence-corrected chi connectivity index (χ1v) is 129. The summed E-state index contributed by atoms with van der Waals surface area (Å²) in [4.78, 5) is 0. The van der Waals surface area contributed by atoms with Gasteiger partial charge in [-0.2, -0.15) is 0 Å². The van der Waals surface area contributed by atoms with E-state index in [1.165, 1.54) is 0 Å². The SMILES string of the molecule is [2H]I(I)I(I)I(I)I(I)I(I)I(I)I(I)I(I)I(I)I(I)I. The van der Waals surface area contributed by atoms with Gasteiger partial charge in [0.2, 0.25) is 0 Å². The minimum atomic E-state index is -1.17. The van der Waals surface area contributed by atoms with Crippen molar-refractivity contribution in [1.29, 1.82) is 0.594 Å². The Labute approximate surface area is 273 Å². The molecular weight excluding hydrogens is 2660 g/mol. The normalized spacial score (nSPS) is 18.9. The summed E-state index contributed by atoms with van der Waals surface area (Å²) in [6.45, 7) is 0. The van der Waals surface area contributed by atoms with Crippen molar-refractivity contribution in [2.75, 3.05) is 0 Å². The molecule has 0 atom stereocenters. The van der Waals surface area contributed by atoms with Crippen molar-refractivity contribution >= 4 is 289 Å². The predicted molar refractivity (Wildman–Crippen MR) is 296 cm³/mol. The van der Waals surface area contributed by atoms with E-state index in [0.29, 0.717) is 0 Å². The van der Waals surface area contributed by atoms with Crippen molar-refractivity contribution in [3.63, 3.8) is 0 Å². The zero-order valence-electron chi connectivity index (χ0n) is 8.94. The molecule has 0 amide bonds. The van der Waals surface area contributed by atoms with Gasteiger partial charge in [0.25, 0.3) is 0 Å². The quantitative estimate of drug-likeness (QED) is 0.202. The van der Waals surface area contributed by atoms with E-state index < -0.39 is 84.1 Å². The van der Waals surface area contributed by atoms with Crippen LogP contribution >= 0.6 is 289 Å². The second-order valence-electron chi connectivity index (χ2n) is 1.51. The zero-order chi connectivity index (χ0) is 17.8. The molecule has 0 fully saturated rings. The Morgan fingerprint density at radius 2 is 0.810 bits per heavy atom. The zero-order valence-corrected chi connectivity index (χ0v) is 53.2. The average Bonchev–Trinajstić information content (AvgIpc) is 2.48. The monoisotopic (exact) mass is 2670 g/mol. The molecule has 0 heterocycles. The molecule has 0 N–H and O–H groups in total. The Bertz CT molecular complexity index is 266. The maximum absolute atomic E-state index is 8.32. The summed E-state index contributed by atoms with van der Waals surface area (Å²) in [6.07, 6.45) is 0. The molecule has 0 aromatic rings. The van der Waals surface area contributed by atoms with Crippen LogP contribution in [0.25, 0.3) is 0 Å². The van der Waals surface area contributed by atoms with E-state index in [1.54, 1.807) is 0 Å². The van der Waals surface area contributed by atoms with E-state index >= 15 is 0 Å². The molecule has 0 rings (SSSR count). The van der Waals surface area contributed by atoms with Crippen LogP contribution in [0.15, 0.2) is 0 Å². The molecule has 0 unspecified atom stereocenters. The predicted octanol–water partition coefficient (Wildman–Crippen LogP) is 18.3. The minimum absolute atomic E-state index is 0.427. The van der Waals surface area contributed by atoms with Crippen molar-refractivity contribution in [3.8, 4) is 0 Å². The molecule has 0 aromatic carbocycles. The summed E-state index contributed by atoms with van der Waals surface area (Å²) in [5.41, 5.74) is 0. The standard InChI is InChI=1S/HI21/c1-12-14(4)16(6)18(8)20(10)21(11)19(9)17(7)15(5)13(2)3/h12H/i12D. The van der Waals surface area contributed by atoms with Crippen LogP contribution in [0.1, 0.15) is 0 Å². The summed E-state index contributed by atoms with van der Waals surface area (Å²) >= 11 is 31.7.